The summed E-state index contributed by atoms with van der Waals surface area (Å²) in [7, 11) is -2.22. The molecule has 0 atom stereocenters. The summed E-state index contributed by atoms with van der Waals surface area (Å²) in [5.41, 5.74) is 0.0134. The average molecular weight is 316 g/mol. The number of sulfonamides is 1. The predicted molar refractivity (Wildman–Crippen MR) is 69.5 cm³/mol. The first-order chi connectivity index (χ1) is 7.83. The van der Waals surface area contributed by atoms with Gasteiger partial charge in [-0.15, -0.1) is 11.8 Å². The molecule has 0 aromatic heterocycles. The molecule has 0 aliphatic heterocycles. The van der Waals surface area contributed by atoms with E-state index in [2.05, 4.69) is 0 Å². The van der Waals surface area contributed by atoms with Crippen LogP contribution in [0, 0.1) is 0 Å². The Bertz CT molecular complexity index is 532. The van der Waals surface area contributed by atoms with Crippen molar-refractivity contribution in [3.63, 3.8) is 0 Å². The molecule has 0 heterocycles. The van der Waals surface area contributed by atoms with Crippen LogP contribution in [0.1, 0.15) is 10.4 Å². The number of carbonyl (C=O) groups is 1. The van der Waals surface area contributed by atoms with Crippen molar-refractivity contribution >= 4 is 79.1 Å². The van der Waals surface area contributed by atoms with Gasteiger partial charge in [0.05, 0.1) is 12.7 Å². The maximum absolute atomic E-state index is 10.9. The van der Waals surface area contributed by atoms with E-state index in [0.29, 0.717) is 10.6 Å². The molecule has 9 heteroatoms. The number of ether oxygens (including phenoxy) is 1. The van der Waals surface area contributed by atoms with Crippen LogP contribution in [0.4, 0.5) is 0 Å². The fraction of sp³-hybridized carbons (Fsp3) is 0.222. The van der Waals surface area contributed by atoms with Crippen LogP contribution in [-0.2, 0) is 10.0 Å². The number of thioether (sulfide) groups is 1. The minimum absolute atomic E-state index is 0. The molecule has 0 spiro atoms. The third kappa shape index (κ3) is 6.02. The van der Waals surface area contributed by atoms with Gasteiger partial charge in [0.1, 0.15) is 10.8 Å². The van der Waals surface area contributed by atoms with Crippen LogP contribution < -0.4 is 9.88 Å². The summed E-state index contributed by atoms with van der Waals surface area (Å²) in [5.74, 6) is -0.684. The van der Waals surface area contributed by atoms with E-state index in [9.17, 15) is 13.2 Å². The van der Waals surface area contributed by atoms with Crippen LogP contribution >= 0.6 is 11.8 Å². The van der Waals surface area contributed by atoms with Gasteiger partial charge in [0, 0.05) is 56.3 Å². The van der Waals surface area contributed by atoms with Crippen molar-refractivity contribution < 1.29 is 23.1 Å². The predicted octanol–water partition coefficient (Wildman–Crippen LogP) is 0.351. The number of hydrogen-bond donors (Lipinski definition) is 2. The SMILES string of the molecule is COc1ccc(C(=O)O)c(SCS(N)(=O)=O)c1.[K]. The number of methoxy groups -OCH3 is 1. The third-order valence-corrected chi connectivity index (χ3v) is 4.23. The molecule has 95 valence electrons. The van der Waals surface area contributed by atoms with E-state index < -0.39 is 16.0 Å². The molecule has 3 N–H and O–H groups in total. The summed E-state index contributed by atoms with van der Waals surface area (Å²) in [4.78, 5) is 11.2. The van der Waals surface area contributed by atoms with E-state index in [1.54, 1.807) is 0 Å². The van der Waals surface area contributed by atoms with E-state index in [1.165, 1.54) is 25.3 Å². The Morgan fingerprint density at radius 1 is 1.50 bits per heavy atom. The van der Waals surface area contributed by atoms with Gasteiger partial charge in [-0.05, 0) is 18.2 Å². The Kier molecular flexibility index (Phi) is 8.02. The molecule has 0 saturated carbocycles. The first-order valence-corrected chi connectivity index (χ1v) is 7.08. The van der Waals surface area contributed by atoms with Crippen molar-refractivity contribution in [2.45, 2.75) is 4.90 Å². The Balaban J connectivity index is 0.00000289. The van der Waals surface area contributed by atoms with Crippen molar-refractivity contribution in [3.8, 4) is 5.75 Å². The minimum atomic E-state index is -3.66. The molecule has 0 unspecified atom stereocenters. The molecule has 0 aliphatic rings. The monoisotopic (exact) mass is 316 g/mol. The maximum atomic E-state index is 10.9. The Morgan fingerprint density at radius 2 is 2.11 bits per heavy atom. The van der Waals surface area contributed by atoms with E-state index in [0.717, 1.165) is 11.8 Å². The summed E-state index contributed by atoms with van der Waals surface area (Å²) in [6, 6.07) is 4.30. The molecule has 1 rings (SSSR count). The first kappa shape index (κ1) is 18.4. The number of carboxylic acids is 1. The van der Waals surface area contributed by atoms with E-state index in [1.807, 2.05) is 0 Å². The van der Waals surface area contributed by atoms with Crippen LogP contribution in [0.15, 0.2) is 23.1 Å². The molecular formula is C9H11KNO5S2. The second-order valence-corrected chi connectivity index (χ2v) is 6.09. The molecule has 0 bridgehead atoms. The molecule has 1 aromatic rings. The van der Waals surface area contributed by atoms with Crippen LogP contribution in [0.3, 0.4) is 0 Å². The molecule has 0 amide bonds. The normalized spacial score (nSPS) is 10.6. The zero-order valence-electron chi connectivity index (χ0n) is 9.91. The quantitative estimate of drug-likeness (QED) is 0.599. The summed E-state index contributed by atoms with van der Waals surface area (Å²) >= 11 is 0.838. The smallest absolute Gasteiger partial charge is 0.336 e. The molecular weight excluding hydrogens is 305 g/mol. The van der Waals surface area contributed by atoms with Gasteiger partial charge in [0.25, 0.3) is 0 Å². The van der Waals surface area contributed by atoms with Gasteiger partial charge in [-0.3, -0.25) is 0 Å². The summed E-state index contributed by atoms with van der Waals surface area (Å²) < 4.78 is 26.6. The number of primary sulfonamides is 1. The van der Waals surface area contributed by atoms with Crippen molar-refractivity contribution in [1.29, 1.82) is 0 Å². The standard InChI is InChI=1S/C9H11NO5S2.K/c1-15-6-2-3-7(9(11)12)8(4-6)16-5-17(10,13)14;/h2-4H,5H2,1H3,(H,11,12)(H2,10,13,14);. The summed E-state index contributed by atoms with van der Waals surface area (Å²) in [6.07, 6.45) is 0. The fourth-order valence-electron chi connectivity index (χ4n) is 1.07. The third-order valence-electron chi connectivity index (χ3n) is 1.80. The second-order valence-electron chi connectivity index (χ2n) is 3.09. The van der Waals surface area contributed by atoms with Crippen LogP contribution in [-0.4, -0.2) is 83.1 Å². The average Bonchev–Trinajstić information content (AvgIpc) is 2.24. The van der Waals surface area contributed by atoms with Crippen molar-refractivity contribution in [3.05, 3.63) is 23.8 Å². The van der Waals surface area contributed by atoms with Gasteiger partial charge in [0.15, 0.2) is 0 Å². The van der Waals surface area contributed by atoms with Gasteiger partial charge in [-0.2, -0.15) is 0 Å². The van der Waals surface area contributed by atoms with Crippen molar-refractivity contribution in [1.82, 2.24) is 0 Å². The molecule has 6 nitrogen and oxygen atoms in total. The summed E-state index contributed by atoms with van der Waals surface area (Å²) in [5, 5.41) is 13.4. The topological polar surface area (TPSA) is 107 Å². The molecule has 0 fully saturated rings. The zero-order chi connectivity index (χ0) is 13.1. The van der Waals surface area contributed by atoms with Crippen molar-refractivity contribution in [2.75, 3.05) is 12.2 Å². The Hall–Kier alpha value is 0.386. The Morgan fingerprint density at radius 3 is 2.56 bits per heavy atom. The number of aromatic carboxylic acids is 1. The molecule has 0 saturated heterocycles. The van der Waals surface area contributed by atoms with E-state index in [-0.39, 0.29) is 62.0 Å². The molecule has 18 heavy (non-hydrogen) atoms. The number of rotatable bonds is 5. The molecule has 1 aromatic carbocycles. The van der Waals surface area contributed by atoms with Crippen molar-refractivity contribution in [2.24, 2.45) is 5.14 Å². The number of carboxylic acid groups (broad SMARTS) is 1. The van der Waals surface area contributed by atoms with Gasteiger partial charge >= 0.3 is 5.97 Å². The largest absolute Gasteiger partial charge is 0.497 e. The number of nitrogens with two attached hydrogens (primary N) is 1. The first-order valence-electron chi connectivity index (χ1n) is 4.38. The van der Waals surface area contributed by atoms with Crippen LogP contribution in [0.5, 0.6) is 5.75 Å². The molecule has 1 radical (unpaired) electrons. The van der Waals surface area contributed by atoms with E-state index >= 15 is 0 Å². The molecule has 0 aliphatic carbocycles. The Labute approximate surface area is 152 Å². The van der Waals surface area contributed by atoms with Gasteiger partial charge in [-0.25, -0.2) is 18.4 Å². The zero-order valence-corrected chi connectivity index (χ0v) is 14.7. The van der Waals surface area contributed by atoms with Gasteiger partial charge in [0.2, 0.25) is 10.0 Å². The summed E-state index contributed by atoms with van der Waals surface area (Å²) in [6.45, 7) is 0. The number of hydrogen-bond acceptors (Lipinski definition) is 5. The van der Waals surface area contributed by atoms with Gasteiger partial charge < -0.3 is 9.84 Å². The number of benzene rings is 1. The van der Waals surface area contributed by atoms with Crippen LogP contribution in [0.25, 0.3) is 0 Å². The maximum Gasteiger partial charge on any atom is 0.336 e. The second kappa shape index (κ2) is 7.85. The fourth-order valence-corrected chi connectivity index (χ4v) is 2.75. The van der Waals surface area contributed by atoms with E-state index in [4.69, 9.17) is 15.0 Å². The minimum Gasteiger partial charge on any atom is -0.497 e. The van der Waals surface area contributed by atoms with Crippen LogP contribution in [0.2, 0.25) is 0 Å². The van der Waals surface area contributed by atoms with Gasteiger partial charge in [-0.1, -0.05) is 0 Å².